The first kappa shape index (κ1) is 19.0. The Hall–Kier alpha value is -3.80. The van der Waals surface area contributed by atoms with Crippen LogP contribution in [0.1, 0.15) is 27.2 Å². The summed E-state index contributed by atoms with van der Waals surface area (Å²) in [5.41, 5.74) is 3.69. The van der Waals surface area contributed by atoms with Gasteiger partial charge in [0, 0.05) is 17.3 Å². The second-order valence-corrected chi connectivity index (χ2v) is 6.14. The molecule has 1 heterocycles. The molecule has 6 nitrogen and oxygen atoms in total. The van der Waals surface area contributed by atoms with Crippen molar-refractivity contribution >= 4 is 23.3 Å². The summed E-state index contributed by atoms with van der Waals surface area (Å²) < 4.78 is 0. The lowest BCUT2D eigenvalue weighted by atomic mass is 9.99. The molecule has 28 heavy (non-hydrogen) atoms. The number of pyridine rings is 1. The van der Waals surface area contributed by atoms with Gasteiger partial charge < -0.3 is 10.4 Å². The minimum atomic E-state index is -1.03. The maximum atomic E-state index is 12.6. The number of amides is 1. The van der Waals surface area contributed by atoms with E-state index >= 15 is 0 Å². The third kappa shape index (κ3) is 4.67. The summed E-state index contributed by atoms with van der Waals surface area (Å²) in [6, 6.07) is 19.9. The number of carboxylic acids is 1. The van der Waals surface area contributed by atoms with E-state index in [1.807, 2.05) is 55.5 Å². The molecular weight excluding hydrogens is 354 g/mol. The highest BCUT2D eigenvalue weighted by Gasteiger charge is 2.16. The van der Waals surface area contributed by atoms with E-state index in [4.69, 9.17) is 5.11 Å². The van der Waals surface area contributed by atoms with Gasteiger partial charge in [-0.05, 0) is 30.7 Å². The molecule has 0 aliphatic carbocycles. The monoisotopic (exact) mass is 373 g/mol. The van der Waals surface area contributed by atoms with Crippen LogP contribution in [-0.4, -0.2) is 34.2 Å². The van der Waals surface area contributed by atoms with Gasteiger partial charge in [-0.3, -0.25) is 19.6 Å². The third-order valence-electron chi connectivity index (χ3n) is 4.00. The van der Waals surface area contributed by atoms with Crippen LogP contribution in [0.2, 0.25) is 0 Å². The van der Waals surface area contributed by atoms with E-state index in [0.29, 0.717) is 22.7 Å². The summed E-state index contributed by atoms with van der Waals surface area (Å²) in [6.07, 6.45) is 1.55. The lowest BCUT2D eigenvalue weighted by Gasteiger charge is -2.14. The number of carbonyl (C=O) groups excluding carboxylic acids is 1. The Morgan fingerprint density at radius 2 is 1.79 bits per heavy atom. The number of carbonyl (C=O) groups is 2. The molecule has 0 saturated carbocycles. The fraction of sp³-hybridized carbons (Fsp3) is 0.0909. The number of nitrogens with zero attached hydrogens (tertiary/aromatic N) is 2. The van der Waals surface area contributed by atoms with E-state index in [0.717, 1.165) is 11.1 Å². The molecule has 0 saturated heterocycles. The molecule has 0 aliphatic rings. The van der Waals surface area contributed by atoms with Gasteiger partial charge in [-0.1, -0.05) is 48.5 Å². The van der Waals surface area contributed by atoms with Crippen molar-refractivity contribution in [1.82, 2.24) is 4.98 Å². The number of aryl methyl sites for hydroxylation is 1. The van der Waals surface area contributed by atoms with Crippen molar-refractivity contribution < 1.29 is 14.7 Å². The standard InChI is InChI=1S/C22H19N3O3/c1-15-10-11-17(19(13-15)25-22(28)18-9-5-6-12-23-18)21(24-14-20(26)27)16-7-3-2-4-8-16/h2-13H,14H2,1H3,(H,25,28)(H,26,27). The van der Waals surface area contributed by atoms with Crippen molar-refractivity contribution in [1.29, 1.82) is 0 Å². The third-order valence-corrected chi connectivity index (χ3v) is 4.00. The van der Waals surface area contributed by atoms with E-state index in [2.05, 4.69) is 15.3 Å². The molecule has 0 bridgehead atoms. The second kappa shape index (κ2) is 8.73. The number of aliphatic carboxylic acids is 1. The Balaban J connectivity index is 2.05. The van der Waals surface area contributed by atoms with Gasteiger partial charge in [0.25, 0.3) is 5.91 Å². The molecule has 0 atom stereocenters. The van der Waals surface area contributed by atoms with Crippen molar-refractivity contribution in [2.45, 2.75) is 6.92 Å². The number of hydrogen-bond acceptors (Lipinski definition) is 4. The van der Waals surface area contributed by atoms with E-state index in [1.54, 1.807) is 24.4 Å². The summed E-state index contributed by atoms with van der Waals surface area (Å²) in [5, 5.41) is 12.0. The summed E-state index contributed by atoms with van der Waals surface area (Å²) in [5.74, 6) is -1.38. The molecule has 140 valence electrons. The maximum absolute atomic E-state index is 12.6. The molecule has 0 aliphatic heterocycles. The van der Waals surface area contributed by atoms with Gasteiger partial charge in [-0.15, -0.1) is 0 Å². The highest BCUT2D eigenvalue weighted by molar-refractivity contribution is 6.18. The van der Waals surface area contributed by atoms with Crippen LogP contribution in [-0.2, 0) is 4.79 Å². The first-order valence-electron chi connectivity index (χ1n) is 8.69. The van der Waals surface area contributed by atoms with E-state index in [9.17, 15) is 9.59 Å². The second-order valence-electron chi connectivity index (χ2n) is 6.14. The van der Waals surface area contributed by atoms with Gasteiger partial charge in [-0.25, -0.2) is 0 Å². The summed E-state index contributed by atoms with van der Waals surface area (Å²) in [7, 11) is 0. The minimum absolute atomic E-state index is 0.290. The number of hydrogen-bond donors (Lipinski definition) is 2. The predicted molar refractivity (Wildman–Crippen MR) is 108 cm³/mol. The number of nitrogens with one attached hydrogen (secondary N) is 1. The molecule has 3 aromatic rings. The number of anilines is 1. The van der Waals surface area contributed by atoms with Gasteiger partial charge in [0.05, 0.1) is 11.4 Å². The fourth-order valence-corrected chi connectivity index (χ4v) is 2.73. The van der Waals surface area contributed by atoms with Crippen LogP contribution in [0.4, 0.5) is 5.69 Å². The minimum Gasteiger partial charge on any atom is -0.480 e. The Morgan fingerprint density at radius 1 is 1.04 bits per heavy atom. The van der Waals surface area contributed by atoms with Crippen LogP contribution >= 0.6 is 0 Å². The SMILES string of the molecule is Cc1ccc(C(=NCC(=O)O)c2ccccc2)c(NC(=O)c2ccccn2)c1. The largest absolute Gasteiger partial charge is 0.480 e. The normalized spacial score (nSPS) is 11.1. The molecule has 2 aromatic carbocycles. The Bertz CT molecular complexity index is 1020. The van der Waals surface area contributed by atoms with Crippen molar-refractivity contribution in [3.63, 3.8) is 0 Å². The number of aromatic nitrogens is 1. The van der Waals surface area contributed by atoms with Crippen molar-refractivity contribution in [3.05, 3.63) is 95.3 Å². The quantitative estimate of drug-likeness (QED) is 0.646. The molecular formula is C22H19N3O3. The van der Waals surface area contributed by atoms with Crippen LogP contribution in [0.3, 0.4) is 0 Å². The van der Waals surface area contributed by atoms with Crippen LogP contribution in [0.5, 0.6) is 0 Å². The van der Waals surface area contributed by atoms with E-state index < -0.39 is 5.97 Å². The Labute approximate surface area is 162 Å². The molecule has 0 fully saturated rings. The molecule has 2 N–H and O–H groups in total. The zero-order chi connectivity index (χ0) is 19.9. The lowest BCUT2D eigenvalue weighted by molar-refractivity contribution is -0.135. The smallest absolute Gasteiger partial charge is 0.325 e. The van der Waals surface area contributed by atoms with Crippen LogP contribution < -0.4 is 5.32 Å². The maximum Gasteiger partial charge on any atom is 0.325 e. The Morgan fingerprint density at radius 3 is 2.46 bits per heavy atom. The summed E-state index contributed by atoms with van der Waals surface area (Å²) >= 11 is 0. The van der Waals surface area contributed by atoms with Gasteiger partial charge in [0.2, 0.25) is 0 Å². The highest BCUT2D eigenvalue weighted by atomic mass is 16.4. The molecule has 1 aromatic heterocycles. The predicted octanol–water partition coefficient (Wildman–Crippen LogP) is 3.56. The van der Waals surface area contributed by atoms with Crippen molar-refractivity contribution in [3.8, 4) is 0 Å². The van der Waals surface area contributed by atoms with Crippen LogP contribution in [0.25, 0.3) is 0 Å². The van der Waals surface area contributed by atoms with Crippen LogP contribution in [0, 0.1) is 6.92 Å². The van der Waals surface area contributed by atoms with Crippen LogP contribution in [0.15, 0.2) is 77.9 Å². The van der Waals surface area contributed by atoms with Crippen molar-refractivity contribution in [2.24, 2.45) is 4.99 Å². The van der Waals surface area contributed by atoms with E-state index in [-0.39, 0.29) is 12.5 Å². The van der Waals surface area contributed by atoms with Gasteiger partial charge in [0.1, 0.15) is 12.2 Å². The average Bonchev–Trinajstić information content (AvgIpc) is 2.70. The molecule has 1 amide bonds. The zero-order valence-corrected chi connectivity index (χ0v) is 15.3. The summed E-state index contributed by atoms with van der Waals surface area (Å²) in [6.45, 7) is 1.54. The number of aliphatic imine (C=N–C) groups is 1. The Kier molecular flexibility index (Phi) is 5.91. The molecule has 0 unspecified atom stereocenters. The number of benzene rings is 2. The van der Waals surface area contributed by atoms with E-state index in [1.165, 1.54) is 0 Å². The first-order valence-corrected chi connectivity index (χ1v) is 8.69. The zero-order valence-electron chi connectivity index (χ0n) is 15.3. The highest BCUT2D eigenvalue weighted by Crippen LogP contribution is 2.23. The average molecular weight is 373 g/mol. The number of rotatable bonds is 6. The van der Waals surface area contributed by atoms with Gasteiger partial charge in [-0.2, -0.15) is 0 Å². The fourth-order valence-electron chi connectivity index (χ4n) is 2.73. The first-order chi connectivity index (χ1) is 13.5. The van der Waals surface area contributed by atoms with Gasteiger partial charge in [0.15, 0.2) is 0 Å². The lowest BCUT2D eigenvalue weighted by Crippen LogP contribution is -2.17. The molecule has 3 rings (SSSR count). The topological polar surface area (TPSA) is 91.6 Å². The number of carboxylic acid groups (broad SMARTS) is 1. The van der Waals surface area contributed by atoms with Gasteiger partial charge >= 0.3 is 5.97 Å². The van der Waals surface area contributed by atoms with Crippen molar-refractivity contribution in [2.75, 3.05) is 11.9 Å². The molecule has 0 spiro atoms. The molecule has 0 radical (unpaired) electrons. The summed E-state index contributed by atoms with van der Waals surface area (Å²) in [4.78, 5) is 32.0. The molecule has 6 heteroatoms.